The number of hydrogen-bond acceptors (Lipinski definition) is 2. The molecule has 2 bridgehead atoms. The Morgan fingerprint density at radius 1 is 1.14 bits per heavy atom. The van der Waals surface area contributed by atoms with Crippen LogP contribution in [-0.4, -0.2) is 17.8 Å². The summed E-state index contributed by atoms with van der Waals surface area (Å²) in [6, 6.07) is 0.213. The molecule has 2 N–H and O–H groups in total. The number of rotatable bonds is 2. The summed E-state index contributed by atoms with van der Waals surface area (Å²) in [5, 5.41) is 7.56. The molecule has 0 aromatic rings. The highest BCUT2D eigenvalue weighted by Crippen LogP contribution is 2.63. The van der Waals surface area contributed by atoms with Crippen LogP contribution in [0.15, 0.2) is 5.10 Å². The molecule has 3 aliphatic carbocycles. The van der Waals surface area contributed by atoms with Gasteiger partial charge in [-0.2, -0.15) is 5.10 Å². The topological polar surface area (TPSA) is 53.5 Å². The lowest BCUT2D eigenvalue weighted by molar-refractivity contribution is 0.193. The minimum Gasteiger partial charge on any atom is -0.334 e. The molecule has 0 saturated heterocycles. The van der Waals surface area contributed by atoms with Gasteiger partial charge in [0.25, 0.3) is 0 Å². The van der Waals surface area contributed by atoms with Crippen molar-refractivity contribution in [2.24, 2.45) is 21.8 Å². The molecule has 4 nitrogen and oxygen atoms in total. The second kappa shape index (κ2) is 5.29. The Bertz CT molecular complexity index is 451. The van der Waals surface area contributed by atoms with E-state index in [4.69, 9.17) is 0 Å². The van der Waals surface area contributed by atoms with Gasteiger partial charge >= 0.3 is 6.03 Å². The molecule has 0 aromatic heterocycles. The van der Waals surface area contributed by atoms with Gasteiger partial charge in [0.15, 0.2) is 0 Å². The Balaban J connectivity index is 1.58. The Hall–Kier alpha value is -1.06. The molecule has 118 valence electrons. The van der Waals surface area contributed by atoms with Gasteiger partial charge in [0.1, 0.15) is 0 Å². The zero-order valence-electron chi connectivity index (χ0n) is 13.7. The summed E-state index contributed by atoms with van der Waals surface area (Å²) in [6.07, 6.45) is 9.53. The van der Waals surface area contributed by atoms with Crippen molar-refractivity contribution in [1.29, 1.82) is 0 Å². The van der Waals surface area contributed by atoms with Crippen LogP contribution in [0.2, 0.25) is 0 Å². The van der Waals surface area contributed by atoms with E-state index in [1.54, 1.807) is 0 Å². The van der Waals surface area contributed by atoms with Crippen molar-refractivity contribution in [2.75, 3.05) is 0 Å². The monoisotopic (exact) mass is 291 g/mol. The standard InChI is InChI=1S/C17H29N3O/c1-16(2)12-9-10-17(16,3)14(11-12)19-20-15(21)18-13-7-5-4-6-8-13/h12-13H,4-11H2,1-3H3,(H2,18,20,21)/b19-14+. The van der Waals surface area contributed by atoms with Crippen LogP contribution in [-0.2, 0) is 0 Å². The molecule has 4 heteroatoms. The molecule has 3 rings (SSSR count). The fourth-order valence-corrected chi connectivity index (χ4v) is 4.68. The van der Waals surface area contributed by atoms with Crippen LogP contribution in [0.4, 0.5) is 4.79 Å². The molecule has 2 atom stereocenters. The average molecular weight is 291 g/mol. The minimum atomic E-state index is -0.126. The van der Waals surface area contributed by atoms with E-state index in [-0.39, 0.29) is 11.4 Å². The third-order valence-electron chi connectivity index (χ3n) is 6.75. The molecular formula is C17H29N3O. The normalized spacial score (nSPS) is 36.9. The van der Waals surface area contributed by atoms with E-state index in [9.17, 15) is 4.79 Å². The lowest BCUT2D eigenvalue weighted by Gasteiger charge is -2.34. The van der Waals surface area contributed by atoms with Crippen LogP contribution < -0.4 is 10.7 Å². The summed E-state index contributed by atoms with van der Waals surface area (Å²) in [5.41, 5.74) is 4.43. The molecule has 0 aliphatic heterocycles. The van der Waals surface area contributed by atoms with Gasteiger partial charge in [-0.15, -0.1) is 0 Å². The van der Waals surface area contributed by atoms with Gasteiger partial charge < -0.3 is 5.32 Å². The molecule has 0 heterocycles. The first-order valence-corrected chi connectivity index (χ1v) is 8.57. The minimum absolute atomic E-state index is 0.126. The third kappa shape index (κ3) is 2.47. The maximum atomic E-state index is 12.0. The highest BCUT2D eigenvalue weighted by atomic mass is 16.2. The number of hydrazone groups is 1. The predicted octanol–water partition coefficient (Wildman–Crippen LogP) is 3.82. The first-order valence-electron chi connectivity index (χ1n) is 8.57. The molecule has 2 unspecified atom stereocenters. The van der Waals surface area contributed by atoms with Gasteiger partial charge in [0.2, 0.25) is 0 Å². The van der Waals surface area contributed by atoms with Gasteiger partial charge in [-0.3, -0.25) is 0 Å². The number of nitrogens with zero attached hydrogens (tertiary/aromatic N) is 1. The lowest BCUT2D eigenvalue weighted by atomic mass is 9.70. The van der Waals surface area contributed by atoms with E-state index in [2.05, 4.69) is 36.6 Å². The molecule has 0 aromatic carbocycles. The van der Waals surface area contributed by atoms with E-state index in [0.29, 0.717) is 11.5 Å². The van der Waals surface area contributed by atoms with E-state index in [1.807, 2.05) is 0 Å². The summed E-state index contributed by atoms with van der Waals surface area (Å²) in [4.78, 5) is 12.0. The SMILES string of the molecule is CC12CCC(C/C1=N\NC(=O)NC1CCCCC1)C2(C)C. The largest absolute Gasteiger partial charge is 0.335 e. The van der Waals surface area contributed by atoms with E-state index >= 15 is 0 Å². The third-order valence-corrected chi connectivity index (χ3v) is 6.75. The fraction of sp³-hybridized carbons (Fsp3) is 0.882. The predicted molar refractivity (Wildman–Crippen MR) is 85.2 cm³/mol. The summed E-state index contributed by atoms with van der Waals surface area (Å²) in [7, 11) is 0. The maximum Gasteiger partial charge on any atom is 0.335 e. The molecular weight excluding hydrogens is 262 g/mol. The number of amides is 2. The smallest absolute Gasteiger partial charge is 0.334 e. The Morgan fingerprint density at radius 2 is 1.86 bits per heavy atom. The van der Waals surface area contributed by atoms with Crippen LogP contribution in [0.3, 0.4) is 0 Å². The molecule has 3 fully saturated rings. The van der Waals surface area contributed by atoms with Gasteiger partial charge in [0.05, 0.1) is 0 Å². The highest BCUT2D eigenvalue weighted by Gasteiger charge is 2.60. The van der Waals surface area contributed by atoms with Crippen molar-refractivity contribution in [3.8, 4) is 0 Å². The number of urea groups is 1. The quantitative estimate of drug-likeness (QED) is 0.747. The highest BCUT2D eigenvalue weighted by molar-refractivity contribution is 5.95. The summed E-state index contributed by atoms with van der Waals surface area (Å²) < 4.78 is 0. The van der Waals surface area contributed by atoms with Crippen LogP contribution in [0.1, 0.15) is 72.1 Å². The molecule has 0 spiro atoms. The van der Waals surface area contributed by atoms with Crippen molar-refractivity contribution in [3.05, 3.63) is 0 Å². The Morgan fingerprint density at radius 3 is 2.43 bits per heavy atom. The van der Waals surface area contributed by atoms with Crippen molar-refractivity contribution in [2.45, 2.75) is 78.2 Å². The van der Waals surface area contributed by atoms with Crippen molar-refractivity contribution >= 4 is 11.7 Å². The lowest BCUT2D eigenvalue weighted by Crippen LogP contribution is -2.42. The van der Waals surface area contributed by atoms with E-state index < -0.39 is 0 Å². The van der Waals surface area contributed by atoms with Crippen molar-refractivity contribution < 1.29 is 4.79 Å². The zero-order chi connectivity index (χ0) is 15.1. The first-order chi connectivity index (χ1) is 9.93. The number of carbonyl (C=O) groups is 1. The fourth-order valence-electron chi connectivity index (χ4n) is 4.68. The second-order valence-electron chi connectivity index (χ2n) is 7.97. The number of hydrogen-bond donors (Lipinski definition) is 2. The zero-order valence-corrected chi connectivity index (χ0v) is 13.7. The van der Waals surface area contributed by atoms with Gasteiger partial charge in [-0.1, -0.05) is 40.0 Å². The maximum absolute atomic E-state index is 12.0. The average Bonchev–Trinajstić information content (AvgIpc) is 2.79. The summed E-state index contributed by atoms with van der Waals surface area (Å²) in [5.74, 6) is 0.726. The van der Waals surface area contributed by atoms with Gasteiger partial charge in [-0.25, -0.2) is 10.2 Å². The van der Waals surface area contributed by atoms with Crippen LogP contribution >= 0.6 is 0 Å². The van der Waals surface area contributed by atoms with Crippen molar-refractivity contribution in [1.82, 2.24) is 10.7 Å². The van der Waals surface area contributed by atoms with Crippen LogP contribution in [0.25, 0.3) is 0 Å². The molecule has 21 heavy (non-hydrogen) atoms. The molecule has 2 amide bonds. The summed E-state index contributed by atoms with van der Waals surface area (Å²) >= 11 is 0. The van der Waals surface area contributed by atoms with E-state index in [0.717, 1.165) is 25.2 Å². The number of fused-ring (bicyclic) bond motifs is 2. The molecule has 3 aliphatic rings. The van der Waals surface area contributed by atoms with E-state index in [1.165, 1.54) is 37.8 Å². The van der Waals surface area contributed by atoms with Gasteiger partial charge in [-0.05, 0) is 43.4 Å². The van der Waals surface area contributed by atoms with Crippen molar-refractivity contribution in [3.63, 3.8) is 0 Å². The Labute approximate surface area is 128 Å². The Kier molecular flexibility index (Phi) is 3.74. The second-order valence-corrected chi connectivity index (χ2v) is 7.97. The first kappa shape index (κ1) is 14.9. The molecule has 0 radical (unpaired) electrons. The summed E-state index contributed by atoms with van der Waals surface area (Å²) in [6.45, 7) is 7.03. The number of carbonyl (C=O) groups excluding carboxylic acids is 1. The van der Waals surface area contributed by atoms with Gasteiger partial charge in [0, 0.05) is 17.2 Å². The van der Waals surface area contributed by atoms with Crippen LogP contribution in [0, 0.1) is 16.7 Å². The number of nitrogens with one attached hydrogen (secondary N) is 2. The van der Waals surface area contributed by atoms with Crippen LogP contribution in [0.5, 0.6) is 0 Å². The molecule has 3 saturated carbocycles.